The molecular formula is C18H21N3OS. The van der Waals surface area contributed by atoms with Crippen LogP contribution in [0, 0.1) is 0 Å². The Morgan fingerprint density at radius 1 is 1.17 bits per heavy atom. The molecule has 1 aliphatic rings. The van der Waals surface area contributed by atoms with Crippen molar-refractivity contribution in [2.24, 2.45) is 0 Å². The van der Waals surface area contributed by atoms with Gasteiger partial charge in [0.1, 0.15) is 0 Å². The number of carbonyl (C=O) groups excluding carboxylic acids is 1. The minimum Gasteiger partial charge on any atom is -0.349 e. The monoisotopic (exact) mass is 327 g/mol. The van der Waals surface area contributed by atoms with E-state index in [1.807, 2.05) is 36.6 Å². The summed E-state index contributed by atoms with van der Waals surface area (Å²) < 4.78 is 0. The lowest BCUT2D eigenvalue weighted by Crippen LogP contribution is -2.36. The Morgan fingerprint density at radius 3 is 2.61 bits per heavy atom. The Bertz CT molecular complexity index is 669. The van der Waals surface area contributed by atoms with Crippen molar-refractivity contribution in [2.75, 3.05) is 6.26 Å². The normalized spacial score (nSPS) is 15.3. The Labute approximate surface area is 141 Å². The molecule has 0 atom stereocenters. The zero-order valence-electron chi connectivity index (χ0n) is 13.3. The molecule has 1 saturated carbocycles. The van der Waals surface area contributed by atoms with Crippen LogP contribution in [0.15, 0.2) is 41.7 Å². The molecule has 0 saturated heterocycles. The van der Waals surface area contributed by atoms with Crippen LogP contribution in [0.2, 0.25) is 0 Å². The molecule has 2 aromatic rings. The summed E-state index contributed by atoms with van der Waals surface area (Å²) in [4.78, 5) is 21.6. The van der Waals surface area contributed by atoms with Crippen molar-refractivity contribution in [1.29, 1.82) is 0 Å². The van der Waals surface area contributed by atoms with E-state index >= 15 is 0 Å². The number of rotatable bonds is 4. The second-order valence-electron chi connectivity index (χ2n) is 5.79. The van der Waals surface area contributed by atoms with Gasteiger partial charge in [0.05, 0.1) is 11.3 Å². The third kappa shape index (κ3) is 3.91. The molecule has 1 aromatic carbocycles. The highest BCUT2D eigenvalue weighted by atomic mass is 32.2. The van der Waals surface area contributed by atoms with E-state index in [9.17, 15) is 4.79 Å². The van der Waals surface area contributed by atoms with Crippen LogP contribution < -0.4 is 5.32 Å². The van der Waals surface area contributed by atoms with Crippen LogP contribution in [0.5, 0.6) is 0 Å². The van der Waals surface area contributed by atoms with Crippen LogP contribution in [0.3, 0.4) is 0 Å². The van der Waals surface area contributed by atoms with Gasteiger partial charge in [-0.1, -0.05) is 61.4 Å². The van der Waals surface area contributed by atoms with E-state index in [4.69, 9.17) is 0 Å². The van der Waals surface area contributed by atoms with Crippen molar-refractivity contribution in [3.63, 3.8) is 0 Å². The van der Waals surface area contributed by atoms with Gasteiger partial charge in [-0.05, 0) is 19.1 Å². The molecule has 0 aliphatic heterocycles. The fraction of sp³-hybridized carbons (Fsp3) is 0.389. The van der Waals surface area contributed by atoms with E-state index in [0.29, 0.717) is 16.4 Å². The lowest BCUT2D eigenvalue weighted by Gasteiger charge is -2.23. The standard InChI is InChI=1S/C18H21N3OS/c1-23-18-19-12-15(16(21-18)13-8-4-2-5-9-13)17(22)20-14-10-6-3-7-11-14/h2,4-5,8-9,12,14H,3,6-7,10-11H2,1H3,(H,20,22). The second kappa shape index (κ2) is 7.59. The zero-order chi connectivity index (χ0) is 16.1. The van der Waals surface area contributed by atoms with Crippen LogP contribution in [0.1, 0.15) is 42.5 Å². The maximum atomic E-state index is 12.7. The topological polar surface area (TPSA) is 54.9 Å². The molecule has 4 nitrogen and oxygen atoms in total. The van der Waals surface area contributed by atoms with Gasteiger partial charge >= 0.3 is 0 Å². The van der Waals surface area contributed by atoms with Gasteiger partial charge in [0.2, 0.25) is 0 Å². The summed E-state index contributed by atoms with van der Waals surface area (Å²) in [6.45, 7) is 0. The summed E-state index contributed by atoms with van der Waals surface area (Å²) in [5, 5.41) is 3.84. The maximum Gasteiger partial charge on any atom is 0.255 e. The molecule has 0 radical (unpaired) electrons. The Morgan fingerprint density at radius 2 is 1.91 bits per heavy atom. The Balaban J connectivity index is 1.89. The van der Waals surface area contributed by atoms with Crippen molar-refractivity contribution in [2.45, 2.75) is 43.3 Å². The molecule has 3 rings (SSSR count). The minimum absolute atomic E-state index is 0.0663. The van der Waals surface area contributed by atoms with Crippen molar-refractivity contribution in [1.82, 2.24) is 15.3 Å². The molecule has 1 aromatic heterocycles. The van der Waals surface area contributed by atoms with Gasteiger partial charge in [-0.25, -0.2) is 9.97 Å². The van der Waals surface area contributed by atoms with Crippen LogP contribution in [0.25, 0.3) is 11.3 Å². The summed E-state index contributed by atoms with van der Waals surface area (Å²) in [6.07, 6.45) is 9.38. The molecular weight excluding hydrogens is 306 g/mol. The zero-order valence-corrected chi connectivity index (χ0v) is 14.1. The molecule has 0 unspecified atom stereocenters. The van der Waals surface area contributed by atoms with E-state index < -0.39 is 0 Å². The molecule has 0 bridgehead atoms. The lowest BCUT2D eigenvalue weighted by molar-refractivity contribution is 0.0927. The quantitative estimate of drug-likeness (QED) is 0.683. The summed E-state index contributed by atoms with van der Waals surface area (Å²) in [5.41, 5.74) is 2.21. The molecule has 1 N–H and O–H groups in total. The number of amides is 1. The lowest BCUT2D eigenvalue weighted by atomic mass is 9.95. The highest BCUT2D eigenvalue weighted by Crippen LogP contribution is 2.24. The summed E-state index contributed by atoms with van der Waals surface area (Å²) in [5.74, 6) is -0.0663. The molecule has 1 amide bonds. The van der Waals surface area contributed by atoms with E-state index in [1.165, 1.54) is 31.0 Å². The minimum atomic E-state index is -0.0663. The van der Waals surface area contributed by atoms with E-state index in [0.717, 1.165) is 18.4 Å². The van der Waals surface area contributed by atoms with Crippen LogP contribution >= 0.6 is 11.8 Å². The summed E-state index contributed by atoms with van der Waals surface area (Å²) in [6, 6.07) is 10.1. The van der Waals surface area contributed by atoms with Gasteiger partial charge in [-0.2, -0.15) is 0 Å². The number of hydrogen-bond acceptors (Lipinski definition) is 4. The number of nitrogens with zero attached hydrogens (tertiary/aromatic N) is 2. The number of aromatic nitrogens is 2. The summed E-state index contributed by atoms with van der Waals surface area (Å²) >= 11 is 1.48. The van der Waals surface area contributed by atoms with E-state index in [2.05, 4.69) is 15.3 Å². The Kier molecular flexibility index (Phi) is 5.28. The second-order valence-corrected chi connectivity index (χ2v) is 6.57. The van der Waals surface area contributed by atoms with E-state index in [-0.39, 0.29) is 11.9 Å². The Hall–Kier alpha value is -1.88. The number of benzene rings is 1. The van der Waals surface area contributed by atoms with Gasteiger partial charge in [0.15, 0.2) is 5.16 Å². The first-order valence-corrected chi connectivity index (χ1v) is 9.27. The smallest absolute Gasteiger partial charge is 0.255 e. The third-order valence-electron chi connectivity index (χ3n) is 4.18. The van der Waals surface area contributed by atoms with Crippen LogP contribution in [-0.2, 0) is 0 Å². The first kappa shape index (κ1) is 16.0. The molecule has 120 valence electrons. The van der Waals surface area contributed by atoms with Gasteiger partial charge < -0.3 is 5.32 Å². The fourth-order valence-corrected chi connectivity index (χ4v) is 3.30. The largest absolute Gasteiger partial charge is 0.349 e. The van der Waals surface area contributed by atoms with Crippen LogP contribution in [-0.4, -0.2) is 28.2 Å². The van der Waals surface area contributed by atoms with Crippen molar-refractivity contribution < 1.29 is 4.79 Å². The molecule has 23 heavy (non-hydrogen) atoms. The first-order valence-electron chi connectivity index (χ1n) is 8.05. The highest BCUT2D eigenvalue weighted by Gasteiger charge is 2.20. The third-order valence-corrected chi connectivity index (χ3v) is 4.74. The molecule has 1 heterocycles. The maximum absolute atomic E-state index is 12.7. The van der Waals surface area contributed by atoms with Crippen molar-refractivity contribution in [3.05, 3.63) is 42.1 Å². The van der Waals surface area contributed by atoms with Gasteiger partial charge in [0, 0.05) is 17.8 Å². The van der Waals surface area contributed by atoms with Gasteiger partial charge in [0.25, 0.3) is 5.91 Å². The SMILES string of the molecule is CSc1ncc(C(=O)NC2CCCCC2)c(-c2ccccc2)n1. The van der Waals surface area contributed by atoms with Crippen molar-refractivity contribution in [3.8, 4) is 11.3 Å². The van der Waals surface area contributed by atoms with Gasteiger partial charge in [-0.3, -0.25) is 4.79 Å². The highest BCUT2D eigenvalue weighted by molar-refractivity contribution is 7.98. The first-order chi connectivity index (χ1) is 11.3. The fourth-order valence-electron chi connectivity index (χ4n) is 2.96. The van der Waals surface area contributed by atoms with Crippen molar-refractivity contribution >= 4 is 17.7 Å². The predicted molar refractivity (Wildman–Crippen MR) is 93.6 cm³/mol. The molecule has 1 fully saturated rings. The average molecular weight is 327 g/mol. The predicted octanol–water partition coefficient (Wildman–Crippen LogP) is 3.93. The van der Waals surface area contributed by atoms with Gasteiger partial charge in [-0.15, -0.1) is 0 Å². The number of hydrogen-bond donors (Lipinski definition) is 1. The molecule has 1 aliphatic carbocycles. The number of nitrogens with one attached hydrogen (secondary N) is 1. The average Bonchev–Trinajstić information content (AvgIpc) is 2.62. The molecule has 5 heteroatoms. The van der Waals surface area contributed by atoms with E-state index in [1.54, 1.807) is 6.20 Å². The summed E-state index contributed by atoms with van der Waals surface area (Å²) in [7, 11) is 0. The number of thioether (sulfide) groups is 1. The molecule has 0 spiro atoms. The van der Waals surface area contributed by atoms with Crippen LogP contribution in [0.4, 0.5) is 0 Å². The number of carbonyl (C=O) groups is 1.